The minimum absolute atomic E-state index is 0.170. The van der Waals surface area contributed by atoms with Gasteiger partial charge in [0.25, 0.3) is 5.91 Å². The molecule has 3 nitrogen and oxygen atoms in total. The summed E-state index contributed by atoms with van der Waals surface area (Å²) in [6.45, 7) is 0.355. The number of rotatable bonds is 3. The number of nitrogens with two attached hydrogens (primary N) is 1. The molecular weight excluding hydrogens is 375 g/mol. The van der Waals surface area contributed by atoms with Crippen LogP contribution in [-0.2, 0) is 6.54 Å². The van der Waals surface area contributed by atoms with Gasteiger partial charge < -0.3 is 10.6 Å². The monoisotopic (exact) mass is 386 g/mol. The fourth-order valence-electron chi connectivity index (χ4n) is 1.93. The van der Waals surface area contributed by atoms with Gasteiger partial charge in [-0.1, -0.05) is 51.3 Å². The normalized spacial score (nSPS) is 10.5. The summed E-state index contributed by atoms with van der Waals surface area (Å²) in [6, 6.07) is 10.5. The number of amides is 1. The van der Waals surface area contributed by atoms with Gasteiger partial charge >= 0.3 is 0 Å². The minimum atomic E-state index is -0.170. The van der Waals surface area contributed by atoms with E-state index >= 15 is 0 Å². The van der Waals surface area contributed by atoms with Crippen LogP contribution in [0.25, 0.3) is 0 Å². The lowest BCUT2D eigenvalue weighted by molar-refractivity contribution is 0.0786. The molecule has 0 spiro atoms. The van der Waals surface area contributed by atoms with Crippen molar-refractivity contribution < 1.29 is 4.79 Å². The number of nitrogens with zero attached hydrogens (tertiary/aromatic N) is 1. The Balaban J connectivity index is 2.21. The summed E-state index contributed by atoms with van der Waals surface area (Å²) < 4.78 is 0.831. The first-order valence-electron chi connectivity index (χ1n) is 6.13. The third-order valence-corrected chi connectivity index (χ3v) is 4.38. The smallest absolute Gasteiger partial charge is 0.255 e. The molecule has 2 rings (SSSR count). The van der Waals surface area contributed by atoms with Crippen molar-refractivity contribution in [2.24, 2.45) is 0 Å². The molecule has 1 amide bonds. The van der Waals surface area contributed by atoms with Gasteiger partial charge in [-0.25, -0.2) is 0 Å². The first kappa shape index (κ1) is 16.1. The van der Waals surface area contributed by atoms with Crippen molar-refractivity contribution in [2.75, 3.05) is 12.8 Å². The van der Waals surface area contributed by atoms with Crippen molar-refractivity contribution >= 4 is 50.7 Å². The van der Waals surface area contributed by atoms with Gasteiger partial charge in [-0.05, 0) is 29.8 Å². The number of benzene rings is 2. The fourth-order valence-corrected chi connectivity index (χ4v) is 2.69. The molecule has 0 unspecified atom stereocenters. The standard InChI is InChI=1S/C15H13BrCl2N2O/c1-20(8-9-3-2-4-12(17)14(9)18)15(21)11-6-5-10(16)7-13(11)19/h2-7H,8,19H2,1H3. The van der Waals surface area contributed by atoms with Crippen molar-refractivity contribution in [3.8, 4) is 0 Å². The summed E-state index contributed by atoms with van der Waals surface area (Å²) in [4.78, 5) is 14.0. The van der Waals surface area contributed by atoms with Crippen LogP contribution in [0.15, 0.2) is 40.9 Å². The van der Waals surface area contributed by atoms with Gasteiger partial charge in [-0.2, -0.15) is 0 Å². The van der Waals surface area contributed by atoms with Crippen molar-refractivity contribution in [3.05, 3.63) is 62.0 Å². The summed E-state index contributed by atoms with van der Waals surface area (Å²) in [5, 5.41) is 0.931. The molecule has 0 radical (unpaired) electrons. The second kappa shape index (κ2) is 6.69. The molecule has 0 aliphatic heterocycles. The molecular formula is C15H13BrCl2N2O. The Hall–Kier alpha value is -1.23. The maximum absolute atomic E-state index is 12.4. The molecule has 0 saturated carbocycles. The zero-order valence-corrected chi connectivity index (χ0v) is 14.3. The molecule has 6 heteroatoms. The summed E-state index contributed by atoms with van der Waals surface area (Å²) in [5.41, 5.74) is 7.56. The molecule has 2 aromatic carbocycles. The molecule has 0 heterocycles. The van der Waals surface area contributed by atoms with E-state index in [1.807, 2.05) is 6.07 Å². The van der Waals surface area contributed by atoms with Crippen LogP contribution in [0, 0.1) is 0 Å². The van der Waals surface area contributed by atoms with Crippen LogP contribution >= 0.6 is 39.1 Å². The van der Waals surface area contributed by atoms with Gasteiger partial charge in [0.15, 0.2) is 0 Å². The lowest BCUT2D eigenvalue weighted by atomic mass is 10.1. The molecule has 110 valence electrons. The Morgan fingerprint density at radius 2 is 2.00 bits per heavy atom. The summed E-state index contributed by atoms with van der Waals surface area (Å²) in [6.07, 6.45) is 0. The Morgan fingerprint density at radius 1 is 1.29 bits per heavy atom. The van der Waals surface area contributed by atoms with E-state index in [4.69, 9.17) is 28.9 Å². The van der Waals surface area contributed by atoms with Crippen LogP contribution in [0.2, 0.25) is 10.0 Å². The third-order valence-electron chi connectivity index (χ3n) is 3.03. The first-order chi connectivity index (χ1) is 9.90. The van der Waals surface area contributed by atoms with E-state index < -0.39 is 0 Å². The number of hydrogen-bond donors (Lipinski definition) is 1. The van der Waals surface area contributed by atoms with Gasteiger partial charge in [0, 0.05) is 23.8 Å². The Bertz CT molecular complexity index is 691. The lowest BCUT2D eigenvalue weighted by Crippen LogP contribution is -2.27. The summed E-state index contributed by atoms with van der Waals surface area (Å²) >= 11 is 15.4. The largest absolute Gasteiger partial charge is 0.398 e. The van der Waals surface area contributed by atoms with E-state index in [9.17, 15) is 4.79 Å². The highest BCUT2D eigenvalue weighted by atomic mass is 79.9. The van der Waals surface area contributed by atoms with Gasteiger partial charge in [0.05, 0.1) is 15.6 Å². The Labute approximate surface area is 141 Å². The van der Waals surface area contributed by atoms with Crippen molar-refractivity contribution in [3.63, 3.8) is 0 Å². The number of hydrogen-bond acceptors (Lipinski definition) is 2. The fraction of sp³-hybridized carbons (Fsp3) is 0.133. The molecule has 21 heavy (non-hydrogen) atoms. The first-order valence-corrected chi connectivity index (χ1v) is 7.68. The molecule has 0 bridgehead atoms. The number of halogens is 3. The van der Waals surface area contributed by atoms with E-state index in [0.717, 1.165) is 10.0 Å². The second-order valence-electron chi connectivity index (χ2n) is 4.61. The number of anilines is 1. The van der Waals surface area contributed by atoms with E-state index in [1.165, 1.54) is 0 Å². The average molecular weight is 388 g/mol. The van der Waals surface area contributed by atoms with Gasteiger partial charge in [-0.3, -0.25) is 4.79 Å². The van der Waals surface area contributed by atoms with Crippen LogP contribution < -0.4 is 5.73 Å². The molecule has 0 aliphatic rings. The number of carbonyl (C=O) groups is 1. The maximum Gasteiger partial charge on any atom is 0.255 e. The van der Waals surface area contributed by atoms with E-state index in [0.29, 0.717) is 27.8 Å². The van der Waals surface area contributed by atoms with E-state index in [-0.39, 0.29) is 5.91 Å². The zero-order chi connectivity index (χ0) is 15.6. The minimum Gasteiger partial charge on any atom is -0.398 e. The van der Waals surface area contributed by atoms with Gasteiger partial charge in [0.2, 0.25) is 0 Å². The van der Waals surface area contributed by atoms with Crippen LogP contribution in [0.4, 0.5) is 5.69 Å². The van der Waals surface area contributed by atoms with E-state index in [1.54, 1.807) is 42.3 Å². The Morgan fingerprint density at radius 3 is 2.67 bits per heavy atom. The predicted molar refractivity (Wildman–Crippen MR) is 90.8 cm³/mol. The van der Waals surface area contributed by atoms with Crippen molar-refractivity contribution in [1.82, 2.24) is 4.90 Å². The van der Waals surface area contributed by atoms with Gasteiger partial charge in [-0.15, -0.1) is 0 Å². The highest BCUT2D eigenvalue weighted by Crippen LogP contribution is 2.27. The SMILES string of the molecule is CN(Cc1cccc(Cl)c1Cl)C(=O)c1ccc(Br)cc1N. The molecule has 0 fully saturated rings. The summed E-state index contributed by atoms with van der Waals surface area (Å²) in [7, 11) is 1.70. The topological polar surface area (TPSA) is 46.3 Å². The third kappa shape index (κ3) is 3.70. The highest BCUT2D eigenvalue weighted by molar-refractivity contribution is 9.10. The van der Waals surface area contributed by atoms with Crippen LogP contribution in [-0.4, -0.2) is 17.9 Å². The molecule has 0 saturated heterocycles. The van der Waals surface area contributed by atoms with E-state index in [2.05, 4.69) is 15.9 Å². The predicted octanol–water partition coefficient (Wildman–Crippen LogP) is 4.61. The highest BCUT2D eigenvalue weighted by Gasteiger charge is 2.16. The average Bonchev–Trinajstić information content (AvgIpc) is 2.43. The van der Waals surface area contributed by atoms with Crippen LogP contribution in [0.1, 0.15) is 15.9 Å². The van der Waals surface area contributed by atoms with Crippen molar-refractivity contribution in [1.29, 1.82) is 0 Å². The molecule has 0 aromatic heterocycles. The molecule has 0 aliphatic carbocycles. The quantitative estimate of drug-likeness (QED) is 0.781. The summed E-state index contributed by atoms with van der Waals surface area (Å²) in [5.74, 6) is -0.170. The maximum atomic E-state index is 12.4. The lowest BCUT2D eigenvalue weighted by Gasteiger charge is -2.19. The molecule has 2 aromatic rings. The molecule has 2 N–H and O–H groups in total. The Kier molecular flexibility index (Phi) is 5.14. The van der Waals surface area contributed by atoms with Crippen molar-refractivity contribution in [2.45, 2.75) is 6.54 Å². The number of nitrogen functional groups attached to an aromatic ring is 1. The second-order valence-corrected chi connectivity index (χ2v) is 6.31. The van der Waals surface area contributed by atoms with Crippen LogP contribution in [0.3, 0.4) is 0 Å². The van der Waals surface area contributed by atoms with Crippen LogP contribution in [0.5, 0.6) is 0 Å². The zero-order valence-electron chi connectivity index (χ0n) is 11.2. The van der Waals surface area contributed by atoms with Gasteiger partial charge in [0.1, 0.15) is 0 Å². The molecule has 0 atom stereocenters. The number of carbonyl (C=O) groups excluding carboxylic acids is 1.